The van der Waals surface area contributed by atoms with Gasteiger partial charge in [0.05, 0.1) is 0 Å². The van der Waals surface area contributed by atoms with Crippen LogP contribution < -0.4 is 5.32 Å². The average Bonchev–Trinajstić information content (AvgIpc) is 1.85. The van der Waals surface area contributed by atoms with Gasteiger partial charge in [0.2, 0.25) is 0 Å². The summed E-state index contributed by atoms with van der Waals surface area (Å²) in [6, 6.07) is 1.08. The van der Waals surface area contributed by atoms with E-state index in [1.807, 2.05) is 6.08 Å². The molecule has 1 N–H and O–H groups in total. The molecule has 0 saturated carbocycles. The third-order valence-corrected chi connectivity index (χ3v) is 1.88. The van der Waals surface area contributed by atoms with Crippen molar-refractivity contribution >= 4 is 0 Å². The van der Waals surface area contributed by atoms with E-state index in [1.165, 1.54) is 0 Å². The summed E-state index contributed by atoms with van der Waals surface area (Å²) in [7, 11) is 2.15. The number of hydrogen-bond donors (Lipinski definition) is 1. The predicted octanol–water partition coefficient (Wildman–Crippen LogP) is 0.464. The Morgan fingerprint density at radius 1 is 1.60 bits per heavy atom. The van der Waals surface area contributed by atoms with Gasteiger partial charge >= 0.3 is 0 Å². The Labute approximate surface area is 62.9 Å². The van der Waals surface area contributed by atoms with E-state index < -0.39 is 0 Å². The van der Waals surface area contributed by atoms with Crippen molar-refractivity contribution in [3.05, 3.63) is 12.7 Å². The molecule has 0 spiro atoms. The van der Waals surface area contributed by atoms with Crippen molar-refractivity contribution in [3.63, 3.8) is 0 Å². The zero-order valence-corrected chi connectivity index (χ0v) is 6.80. The minimum Gasteiger partial charge on any atom is -0.306 e. The number of piperazine rings is 1. The highest BCUT2D eigenvalue weighted by Gasteiger charge is 2.18. The van der Waals surface area contributed by atoms with E-state index in [0.717, 1.165) is 13.1 Å². The Morgan fingerprint density at radius 3 is 2.80 bits per heavy atom. The molecule has 0 aromatic heterocycles. The molecule has 1 aliphatic heterocycles. The van der Waals surface area contributed by atoms with Gasteiger partial charge < -0.3 is 10.2 Å². The van der Waals surface area contributed by atoms with Crippen molar-refractivity contribution in [3.8, 4) is 0 Å². The van der Waals surface area contributed by atoms with Crippen molar-refractivity contribution in [1.82, 2.24) is 10.2 Å². The molecule has 1 rings (SSSR count). The first kappa shape index (κ1) is 7.76. The highest BCUT2D eigenvalue weighted by molar-refractivity contribution is 4.93. The second kappa shape index (κ2) is 3.17. The first-order chi connectivity index (χ1) is 4.72. The number of rotatable bonds is 1. The molecule has 2 atom stereocenters. The normalized spacial score (nSPS) is 35.8. The third kappa shape index (κ3) is 1.82. The van der Waals surface area contributed by atoms with Gasteiger partial charge in [-0.1, -0.05) is 6.08 Å². The summed E-state index contributed by atoms with van der Waals surface area (Å²) in [6.07, 6.45) is 1.98. The molecule has 0 aromatic rings. The molecular weight excluding hydrogens is 124 g/mol. The molecule has 10 heavy (non-hydrogen) atoms. The van der Waals surface area contributed by atoms with Crippen LogP contribution in [0.4, 0.5) is 0 Å². The van der Waals surface area contributed by atoms with E-state index in [2.05, 4.69) is 30.8 Å². The minimum atomic E-state index is 0.480. The van der Waals surface area contributed by atoms with Crippen molar-refractivity contribution in [2.24, 2.45) is 0 Å². The van der Waals surface area contributed by atoms with Crippen LogP contribution in [0.3, 0.4) is 0 Å². The van der Waals surface area contributed by atoms with Crippen molar-refractivity contribution < 1.29 is 0 Å². The van der Waals surface area contributed by atoms with Gasteiger partial charge in [-0.2, -0.15) is 0 Å². The molecule has 2 heteroatoms. The zero-order chi connectivity index (χ0) is 7.56. The summed E-state index contributed by atoms with van der Waals surface area (Å²) in [5.74, 6) is 0. The maximum Gasteiger partial charge on any atom is 0.0378 e. The van der Waals surface area contributed by atoms with E-state index in [9.17, 15) is 0 Å². The average molecular weight is 140 g/mol. The van der Waals surface area contributed by atoms with E-state index >= 15 is 0 Å². The number of nitrogens with zero attached hydrogens (tertiary/aromatic N) is 1. The van der Waals surface area contributed by atoms with Crippen LogP contribution in [0.2, 0.25) is 0 Å². The molecule has 58 valence electrons. The van der Waals surface area contributed by atoms with Crippen LogP contribution in [-0.4, -0.2) is 37.1 Å². The highest BCUT2D eigenvalue weighted by atomic mass is 15.2. The minimum absolute atomic E-state index is 0.480. The summed E-state index contributed by atoms with van der Waals surface area (Å²) >= 11 is 0. The molecular formula is C8H16N2. The second-order valence-electron chi connectivity index (χ2n) is 3.13. The van der Waals surface area contributed by atoms with E-state index in [-0.39, 0.29) is 0 Å². The molecule has 2 nitrogen and oxygen atoms in total. The first-order valence-corrected chi connectivity index (χ1v) is 3.79. The quantitative estimate of drug-likeness (QED) is 0.532. The van der Waals surface area contributed by atoms with Crippen molar-refractivity contribution in [2.45, 2.75) is 19.0 Å². The zero-order valence-electron chi connectivity index (χ0n) is 6.80. The van der Waals surface area contributed by atoms with Crippen LogP contribution in [0, 0.1) is 0 Å². The van der Waals surface area contributed by atoms with E-state index in [0.29, 0.717) is 12.1 Å². The summed E-state index contributed by atoms with van der Waals surface area (Å²) in [6.45, 7) is 8.20. The lowest BCUT2D eigenvalue weighted by atomic mass is 10.1. The second-order valence-corrected chi connectivity index (χ2v) is 3.13. The molecule has 1 heterocycles. The van der Waals surface area contributed by atoms with Crippen LogP contribution in [0.15, 0.2) is 12.7 Å². The Balaban J connectivity index is 2.42. The Hall–Kier alpha value is -0.340. The first-order valence-electron chi connectivity index (χ1n) is 3.79. The molecule has 0 aliphatic carbocycles. The van der Waals surface area contributed by atoms with Gasteiger partial charge in [-0.05, 0) is 14.0 Å². The lowest BCUT2D eigenvalue weighted by Gasteiger charge is -2.33. The molecule has 0 radical (unpaired) electrons. The predicted molar refractivity (Wildman–Crippen MR) is 44.1 cm³/mol. The van der Waals surface area contributed by atoms with E-state index in [4.69, 9.17) is 0 Å². The number of nitrogens with one attached hydrogen (secondary N) is 1. The lowest BCUT2D eigenvalue weighted by molar-refractivity contribution is 0.220. The van der Waals surface area contributed by atoms with Gasteiger partial charge in [-0.15, -0.1) is 6.58 Å². The van der Waals surface area contributed by atoms with Gasteiger partial charge in [-0.3, -0.25) is 0 Å². The van der Waals surface area contributed by atoms with Gasteiger partial charge in [0.15, 0.2) is 0 Å². The Bertz CT molecular complexity index is 112. The topological polar surface area (TPSA) is 15.3 Å². The fourth-order valence-electron chi connectivity index (χ4n) is 1.49. The fourth-order valence-corrected chi connectivity index (χ4v) is 1.49. The number of likely N-dealkylation sites (N-methyl/N-ethyl adjacent to an activating group) is 1. The maximum absolute atomic E-state index is 3.76. The summed E-state index contributed by atoms with van der Waals surface area (Å²) < 4.78 is 0. The van der Waals surface area contributed by atoms with Crippen LogP contribution in [0.25, 0.3) is 0 Å². The summed E-state index contributed by atoms with van der Waals surface area (Å²) in [5, 5.41) is 3.44. The van der Waals surface area contributed by atoms with Crippen LogP contribution in [0.1, 0.15) is 6.92 Å². The molecule has 0 amide bonds. The summed E-state index contributed by atoms with van der Waals surface area (Å²) in [5.41, 5.74) is 0. The smallest absolute Gasteiger partial charge is 0.0378 e. The molecule has 0 aromatic carbocycles. The maximum atomic E-state index is 3.76. The highest BCUT2D eigenvalue weighted by Crippen LogP contribution is 2.01. The van der Waals surface area contributed by atoms with Gasteiger partial charge in [0.1, 0.15) is 0 Å². The monoisotopic (exact) mass is 140 g/mol. The molecule has 0 bridgehead atoms. The molecule has 0 unspecified atom stereocenters. The van der Waals surface area contributed by atoms with Gasteiger partial charge in [0, 0.05) is 25.2 Å². The molecule has 1 saturated heterocycles. The lowest BCUT2D eigenvalue weighted by Crippen LogP contribution is -2.53. The van der Waals surface area contributed by atoms with Gasteiger partial charge in [-0.25, -0.2) is 0 Å². The third-order valence-electron chi connectivity index (χ3n) is 1.88. The van der Waals surface area contributed by atoms with Gasteiger partial charge in [0.25, 0.3) is 0 Å². The summed E-state index contributed by atoms with van der Waals surface area (Å²) in [4.78, 5) is 2.33. The Kier molecular flexibility index (Phi) is 2.46. The molecule has 1 aliphatic rings. The largest absolute Gasteiger partial charge is 0.306 e. The SMILES string of the molecule is C=C[C@@H]1CN(C)C[C@@H](C)N1. The van der Waals surface area contributed by atoms with Crippen LogP contribution in [0.5, 0.6) is 0 Å². The standard InChI is InChI=1S/C8H16N2/c1-4-8-6-10(3)5-7(2)9-8/h4,7-9H,1,5-6H2,2-3H3/t7-,8-/m1/s1. The van der Waals surface area contributed by atoms with Crippen LogP contribution >= 0.6 is 0 Å². The van der Waals surface area contributed by atoms with Crippen molar-refractivity contribution in [2.75, 3.05) is 20.1 Å². The van der Waals surface area contributed by atoms with Crippen LogP contribution in [-0.2, 0) is 0 Å². The van der Waals surface area contributed by atoms with E-state index in [1.54, 1.807) is 0 Å². The number of hydrogen-bond acceptors (Lipinski definition) is 2. The molecule has 1 fully saturated rings. The fraction of sp³-hybridized carbons (Fsp3) is 0.750. The Morgan fingerprint density at radius 2 is 2.30 bits per heavy atom. The van der Waals surface area contributed by atoms with Crippen molar-refractivity contribution in [1.29, 1.82) is 0 Å².